The molecule has 0 radical (unpaired) electrons. The van der Waals surface area contributed by atoms with Crippen LogP contribution in [0.1, 0.15) is 11.3 Å². The Morgan fingerprint density at radius 2 is 2.00 bits per heavy atom. The van der Waals surface area contributed by atoms with Crippen molar-refractivity contribution in [2.75, 3.05) is 11.9 Å². The Balaban J connectivity index is 2.09. The standard InChI is InChI=1S/C13H12N2O/c1-15(10-13-3-2-8-16-13)12-6-4-11(9-14)5-7-12/h2-8H,10H2,1H3. The summed E-state index contributed by atoms with van der Waals surface area (Å²) in [5, 5.41) is 8.70. The molecule has 0 aliphatic heterocycles. The summed E-state index contributed by atoms with van der Waals surface area (Å²) in [6.07, 6.45) is 1.67. The molecule has 1 heterocycles. The predicted octanol–water partition coefficient (Wildman–Crippen LogP) is 2.79. The second-order valence-corrected chi connectivity index (χ2v) is 3.59. The van der Waals surface area contributed by atoms with E-state index < -0.39 is 0 Å². The van der Waals surface area contributed by atoms with Gasteiger partial charge in [-0.05, 0) is 36.4 Å². The number of hydrogen-bond donors (Lipinski definition) is 0. The maximum atomic E-state index is 8.70. The van der Waals surface area contributed by atoms with Gasteiger partial charge in [0.05, 0.1) is 24.4 Å². The summed E-state index contributed by atoms with van der Waals surface area (Å²) >= 11 is 0. The van der Waals surface area contributed by atoms with Gasteiger partial charge in [-0.3, -0.25) is 0 Å². The first kappa shape index (κ1) is 10.3. The third-order valence-corrected chi connectivity index (χ3v) is 2.41. The van der Waals surface area contributed by atoms with Gasteiger partial charge < -0.3 is 9.32 Å². The molecule has 1 aromatic heterocycles. The molecule has 0 saturated heterocycles. The molecule has 0 aliphatic carbocycles. The SMILES string of the molecule is CN(Cc1ccco1)c1ccc(C#N)cc1. The Hall–Kier alpha value is -2.21. The van der Waals surface area contributed by atoms with E-state index in [1.54, 1.807) is 6.26 Å². The molecule has 0 unspecified atom stereocenters. The van der Waals surface area contributed by atoms with Gasteiger partial charge in [0.2, 0.25) is 0 Å². The first-order valence-corrected chi connectivity index (χ1v) is 5.03. The molecule has 16 heavy (non-hydrogen) atoms. The molecule has 0 fully saturated rings. The smallest absolute Gasteiger partial charge is 0.123 e. The molecule has 0 spiro atoms. The van der Waals surface area contributed by atoms with Gasteiger partial charge in [-0.25, -0.2) is 0 Å². The van der Waals surface area contributed by atoms with Crippen molar-refractivity contribution in [3.63, 3.8) is 0 Å². The zero-order valence-electron chi connectivity index (χ0n) is 9.05. The summed E-state index contributed by atoms with van der Waals surface area (Å²) in [7, 11) is 1.99. The van der Waals surface area contributed by atoms with Gasteiger partial charge in [0.25, 0.3) is 0 Å². The van der Waals surface area contributed by atoms with Crippen LogP contribution in [0.25, 0.3) is 0 Å². The van der Waals surface area contributed by atoms with Crippen LogP contribution in [0.5, 0.6) is 0 Å². The van der Waals surface area contributed by atoms with Crippen molar-refractivity contribution >= 4 is 5.69 Å². The number of rotatable bonds is 3. The summed E-state index contributed by atoms with van der Waals surface area (Å²) in [6, 6.07) is 13.4. The number of hydrogen-bond acceptors (Lipinski definition) is 3. The summed E-state index contributed by atoms with van der Waals surface area (Å²) < 4.78 is 5.28. The molecule has 1 aromatic carbocycles. The average Bonchev–Trinajstić information content (AvgIpc) is 2.82. The van der Waals surface area contributed by atoms with E-state index in [1.165, 1.54) is 0 Å². The van der Waals surface area contributed by atoms with Crippen LogP contribution in [0.3, 0.4) is 0 Å². The van der Waals surface area contributed by atoms with Crippen LogP contribution < -0.4 is 4.90 Å². The van der Waals surface area contributed by atoms with Gasteiger partial charge in [-0.15, -0.1) is 0 Å². The first-order valence-electron chi connectivity index (χ1n) is 5.03. The first-order chi connectivity index (χ1) is 7.79. The van der Waals surface area contributed by atoms with Crippen LogP contribution in [0.2, 0.25) is 0 Å². The quantitative estimate of drug-likeness (QED) is 0.785. The molecule has 80 valence electrons. The Labute approximate surface area is 94.5 Å². The number of nitriles is 1. The van der Waals surface area contributed by atoms with Crippen LogP contribution >= 0.6 is 0 Å². The normalized spacial score (nSPS) is 9.75. The fraction of sp³-hybridized carbons (Fsp3) is 0.154. The van der Waals surface area contributed by atoms with Crippen molar-refractivity contribution in [3.8, 4) is 6.07 Å². The maximum absolute atomic E-state index is 8.70. The van der Waals surface area contributed by atoms with E-state index >= 15 is 0 Å². The second-order valence-electron chi connectivity index (χ2n) is 3.59. The van der Waals surface area contributed by atoms with Crippen LogP contribution in [0, 0.1) is 11.3 Å². The Bertz CT molecular complexity index is 480. The minimum atomic E-state index is 0.676. The van der Waals surface area contributed by atoms with Gasteiger partial charge >= 0.3 is 0 Å². The molecule has 0 bridgehead atoms. The Kier molecular flexibility index (Phi) is 2.93. The van der Waals surface area contributed by atoms with E-state index in [2.05, 4.69) is 11.0 Å². The zero-order valence-corrected chi connectivity index (χ0v) is 9.05. The average molecular weight is 212 g/mol. The largest absolute Gasteiger partial charge is 0.467 e. The van der Waals surface area contributed by atoms with E-state index in [-0.39, 0.29) is 0 Å². The van der Waals surface area contributed by atoms with E-state index in [0.29, 0.717) is 5.56 Å². The highest BCUT2D eigenvalue weighted by molar-refractivity contribution is 5.49. The number of anilines is 1. The number of benzene rings is 1. The number of nitrogens with zero attached hydrogens (tertiary/aromatic N) is 2. The van der Waals surface area contributed by atoms with Crippen molar-refractivity contribution in [1.82, 2.24) is 0 Å². The molecular weight excluding hydrogens is 200 g/mol. The van der Waals surface area contributed by atoms with Crippen LogP contribution in [0.15, 0.2) is 47.1 Å². The molecule has 0 saturated carbocycles. The lowest BCUT2D eigenvalue weighted by atomic mass is 10.2. The van der Waals surface area contributed by atoms with Gasteiger partial charge in [0.15, 0.2) is 0 Å². The topological polar surface area (TPSA) is 40.2 Å². The highest BCUT2D eigenvalue weighted by Crippen LogP contribution is 2.16. The molecular formula is C13H12N2O. The van der Waals surface area contributed by atoms with Gasteiger partial charge in [-0.1, -0.05) is 0 Å². The zero-order chi connectivity index (χ0) is 11.4. The van der Waals surface area contributed by atoms with E-state index in [1.807, 2.05) is 43.4 Å². The van der Waals surface area contributed by atoms with Crippen molar-refractivity contribution in [3.05, 3.63) is 54.0 Å². The lowest BCUT2D eigenvalue weighted by Crippen LogP contribution is -2.15. The molecule has 0 N–H and O–H groups in total. The minimum Gasteiger partial charge on any atom is -0.467 e. The summed E-state index contributed by atoms with van der Waals surface area (Å²) in [5.41, 5.74) is 1.74. The number of furan rings is 1. The highest BCUT2D eigenvalue weighted by atomic mass is 16.3. The fourth-order valence-corrected chi connectivity index (χ4v) is 1.52. The minimum absolute atomic E-state index is 0.676. The van der Waals surface area contributed by atoms with Crippen molar-refractivity contribution in [2.24, 2.45) is 0 Å². The highest BCUT2D eigenvalue weighted by Gasteiger charge is 2.03. The molecule has 0 atom stereocenters. The van der Waals surface area contributed by atoms with Crippen molar-refractivity contribution in [2.45, 2.75) is 6.54 Å². The monoisotopic (exact) mass is 212 g/mol. The Morgan fingerprint density at radius 3 is 2.56 bits per heavy atom. The summed E-state index contributed by atoms with van der Waals surface area (Å²) in [5.74, 6) is 0.923. The van der Waals surface area contributed by atoms with Gasteiger partial charge in [0.1, 0.15) is 5.76 Å². The summed E-state index contributed by atoms with van der Waals surface area (Å²) in [4.78, 5) is 2.07. The molecule has 3 heteroatoms. The molecule has 2 aromatic rings. The molecule has 3 nitrogen and oxygen atoms in total. The molecule has 0 aliphatic rings. The fourth-order valence-electron chi connectivity index (χ4n) is 1.52. The Morgan fingerprint density at radius 1 is 1.25 bits per heavy atom. The molecule has 0 amide bonds. The molecule has 2 rings (SSSR count). The van der Waals surface area contributed by atoms with E-state index in [4.69, 9.17) is 9.68 Å². The third-order valence-electron chi connectivity index (χ3n) is 2.41. The van der Waals surface area contributed by atoms with Crippen LogP contribution in [-0.4, -0.2) is 7.05 Å². The van der Waals surface area contributed by atoms with E-state index in [9.17, 15) is 0 Å². The van der Waals surface area contributed by atoms with Crippen molar-refractivity contribution < 1.29 is 4.42 Å². The van der Waals surface area contributed by atoms with Crippen molar-refractivity contribution in [1.29, 1.82) is 5.26 Å². The van der Waals surface area contributed by atoms with Gasteiger partial charge in [0, 0.05) is 12.7 Å². The third kappa shape index (κ3) is 2.23. The second kappa shape index (κ2) is 4.54. The van der Waals surface area contributed by atoms with E-state index in [0.717, 1.165) is 18.0 Å². The predicted molar refractivity (Wildman–Crippen MR) is 62.0 cm³/mol. The van der Waals surface area contributed by atoms with Crippen LogP contribution in [-0.2, 0) is 6.54 Å². The van der Waals surface area contributed by atoms with Crippen LogP contribution in [0.4, 0.5) is 5.69 Å². The lowest BCUT2D eigenvalue weighted by molar-refractivity contribution is 0.507. The lowest BCUT2D eigenvalue weighted by Gasteiger charge is -2.17. The van der Waals surface area contributed by atoms with Gasteiger partial charge in [-0.2, -0.15) is 5.26 Å². The summed E-state index contributed by atoms with van der Waals surface area (Å²) in [6.45, 7) is 0.721. The maximum Gasteiger partial charge on any atom is 0.123 e.